The van der Waals surface area contributed by atoms with Gasteiger partial charge in [-0.15, -0.1) is 0 Å². The van der Waals surface area contributed by atoms with Gasteiger partial charge < -0.3 is 11.1 Å². The van der Waals surface area contributed by atoms with Crippen molar-refractivity contribution in [3.63, 3.8) is 0 Å². The van der Waals surface area contributed by atoms with Crippen LogP contribution in [0.25, 0.3) is 0 Å². The third-order valence-corrected chi connectivity index (χ3v) is 3.08. The summed E-state index contributed by atoms with van der Waals surface area (Å²) in [4.78, 5) is 14.3. The van der Waals surface area contributed by atoms with E-state index < -0.39 is 0 Å². The molecule has 0 bridgehead atoms. The molecule has 3 N–H and O–H groups in total. The van der Waals surface area contributed by atoms with Crippen molar-refractivity contribution < 1.29 is 4.79 Å². The molecule has 5 heteroatoms. The Bertz CT molecular complexity index is 256. The van der Waals surface area contributed by atoms with Gasteiger partial charge in [0.05, 0.1) is 11.5 Å². The van der Waals surface area contributed by atoms with Gasteiger partial charge in [-0.05, 0) is 19.4 Å². The number of hydrogen-bond acceptors (Lipinski definition) is 3. The van der Waals surface area contributed by atoms with Crippen LogP contribution in [0.3, 0.4) is 0 Å². The van der Waals surface area contributed by atoms with Crippen molar-refractivity contribution in [2.45, 2.75) is 40.2 Å². The molecular formula is C12H25N3OS. The van der Waals surface area contributed by atoms with Crippen LogP contribution in [0.1, 0.15) is 34.1 Å². The maximum Gasteiger partial charge on any atom is 0.234 e. The van der Waals surface area contributed by atoms with Crippen molar-refractivity contribution in [1.29, 1.82) is 0 Å². The molecule has 1 unspecified atom stereocenters. The Morgan fingerprint density at radius 1 is 1.41 bits per heavy atom. The van der Waals surface area contributed by atoms with E-state index in [-0.39, 0.29) is 11.9 Å². The molecule has 0 fully saturated rings. The Balaban J connectivity index is 4.01. The molecule has 0 saturated carbocycles. The molecule has 0 radical (unpaired) electrons. The largest absolute Gasteiger partial charge is 0.393 e. The highest BCUT2D eigenvalue weighted by atomic mass is 32.1. The van der Waals surface area contributed by atoms with E-state index in [2.05, 4.69) is 19.2 Å². The lowest BCUT2D eigenvalue weighted by Crippen LogP contribution is -2.43. The highest BCUT2D eigenvalue weighted by Crippen LogP contribution is 2.00. The van der Waals surface area contributed by atoms with Crippen molar-refractivity contribution in [3.8, 4) is 0 Å². The molecule has 1 amide bonds. The third-order valence-electron chi connectivity index (χ3n) is 2.88. The van der Waals surface area contributed by atoms with Crippen molar-refractivity contribution in [3.05, 3.63) is 0 Å². The van der Waals surface area contributed by atoms with Gasteiger partial charge in [0.25, 0.3) is 0 Å². The maximum atomic E-state index is 11.8. The predicted molar refractivity (Wildman–Crippen MR) is 76.0 cm³/mol. The molecule has 0 heterocycles. The van der Waals surface area contributed by atoms with Gasteiger partial charge in [0.15, 0.2) is 0 Å². The molecule has 17 heavy (non-hydrogen) atoms. The number of carbonyl (C=O) groups is 1. The SMILES string of the molecule is CCN(CCC(N)=S)CC(=O)NC(C)C(C)C. The van der Waals surface area contributed by atoms with E-state index in [0.29, 0.717) is 23.9 Å². The Hall–Kier alpha value is -0.680. The van der Waals surface area contributed by atoms with Crippen LogP contribution in [0.5, 0.6) is 0 Å². The van der Waals surface area contributed by atoms with Gasteiger partial charge in [-0.3, -0.25) is 9.69 Å². The fourth-order valence-electron chi connectivity index (χ4n) is 1.29. The van der Waals surface area contributed by atoms with Crippen LogP contribution in [-0.4, -0.2) is 41.5 Å². The molecule has 0 aliphatic rings. The first kappa shape index (κ1) is 16.3. The van der Waals surface area contributed by atoms with Gasteiger partial charge in [-0.1, -0.05) is 33.0 Å². The fourth-order valence-corrected chi connectivity index (χ4v) is 1.38. The molecule has 0 saturated heterocycles. The molecular weight excluding hydrogens is 234 g/mol. The Kier molecular flexibility index (Phi) is 8.08. The van der Waals surface area contributed by atoms with Gasteiger partial charge in [0.2, 0.25) is 5.91 Å². The standard InChI is InChI=1S/C12H25N3OS/c1-5-15(7-6-11(13)17)8-12(16)14-10(4)9(2)3/h9-10H,5-8H2,1-4H3,(H2,13,17)(H,14,16). The highest BCUT2D eigenvalue weighted by molar-refractivity contribution is 7.80. The Morgan fingerprint density at radius 2 is 2.00 bits per heavy atom. The zero-order valence-electron chi connectivity index (χ0n) is 11.3. The van der Waals surface area contributed by atoms with Crippen LogP contribution in [0.4, 0.5) is 0 Å². The second-order valence-corrected chi connectivity index (χ2v) is 5.21. The Labute approximate surface area is 110 Å². The topological polar surface area (TPSA) is 58.4 Å². The molecule has 0 rings (SSSR count). The predicted octanol–water partition coefficient (Wildman–Crippen LogP) is 1.15. The average molecular weight is 259 g/mol. The summed E-state index contributed by atoms with van der Waals surface area (Å²) in [6, 6.07) is 0.205. The summed E-state index contributed by atoms with van der Waals surface area (Å²) >= 11 is 4.83. The monoisotopic (exact) mass is 259 g/mol. The lowest BCUT2D eigenvalue weighted by molar-refractivity contribution is -0.123. The van der Waals surface area contributed by atoms with Crippen molar-refractivity contribution in [2.75, 3.05) is 19.6 Å². The van der Waals surface area contributed by atoms with Gasteiger partial charge in [0.1, 0.15) is 0 Å². The van der Waals surface area contributed by atoms with Gasteiger partial charge in [0, 0.05) is 19.0 Å². The first-order chi connectivity index (χ1) is 7.86. The van der Waals surface area contributed by atoms with Crippen LogP contribution in [0.15, 0.2) is 0 Å². The second kappa shape index (κ2) is 8.42. The number of nitrogens with zero attached hydrogens (tertiary/aromatic N) is 1. The van der Waals surface area contributed by atoms with Gasteiger partial charge >= 0.3 is 0 Å². The smallest absolute Gasteiger partial charge is 0.234 e. The summed E-state index contributed by atoms with van der Waals surface area (Å²) in [5.41, 5.74) is 5.45. The molecule has 0 aliphatic carbocycles. The molecule has 4 nitrogen and oxygen atoms in total. The minimum absolute atomic E-state index is 0.0657. The molecule has 0 aromatic rings. The second-order valence-electron chi connectivity index (χ2n) is 4.69. The molecule has 0 spiro atoms. The minimum Gasteiger partial charge on any atom is -0.393 e. The summed E-state index contributed by atoms with van der Waals surface area (Å²) in [6.45, 7) is 10.2. The van der Waals surface area contributed by atoms with E-state index in [4.69, 9.17) is 18.0 Å². The minimum atomic E-state index is 0.0657. The molecule has 100 valence electrons. The van der Waals surface area contributed by atoms with Crippen LogP contribution >= 0.6 is 12.2 Å². The molecule has 1 atom stereocenters. The summed E-state index contributed by atoms with van der Waals surface area (Å²) in [6.07, 6.45) is 0.663. The van der Waals surface area contributed by atoms with Crippen molar-refractivity contribution in [1.82, 2.24) is 10.2 Å². The summed E-state index contributed by atoms with van der Waals surface area (Å²) in [7, 11) is 0. The average Bonchev–Trinajstić information content (AvgIpc) is 2.23. The zero-order valence-corrected chi connectivity index (χ0v) is 12.1. The van der Waals surface area contributed by atoms with E-state index in [1.54, 1.807) is 0 Å². The zero-order chi connectivity index (χ0) is 13.4. The number of carbonyl (C=O) groups excluding carboxylic acids is 1. The quantitative estimate of drug-likeness (QED) is 0.642. The normalized spacial score (nSPS) is 12.8. The lowest BCUT2D eigenvalue weighted by atomic mass is 10.1. The first-order valence-corrected chi connectivity index (χ1v) is 6.57. The number of amides is 1. The van der Waals surface area contributed by atoms with Crippen LogP contribution in [-0.2, 0) is 4.79 Å². The van der Waals surface area contributed by atoms with E-state index in [1.807, 2.05) is 18.7 Å². The third kappa shape index (κ3) is 8.10. The van der Waals surface area contributed by atoms with Crippen LogP contribution < -0.4 is 11.1 Å². The van der Waals surface area contributed by atoms with Gasteiger partial charge in [-0.2, -0.15) is 0 Å². The number of nitrogens with one attached hydrogen (secondary N) is 1. The molecule has 0 aromatic heterocycles. The number of thiocarbonyl (C=S) groups is 1. The summed E-state index contributed by atoms with van der Waals surface area (Å²) < 4.78 is 0. The summed E-state index contributed by atoms with van der Waals surface area (Å²) in [5, 5.41) is 2.99. The number of rotatable bonds is 8. The first-order valence-electron chi connectivity index (χ1n) is 6.16. The molecule has 0 aliphatic heterocycles. The Morgan fingerprint density at radius 3 is 2.41 bits per heavy atom. The van der Waals surface area contributed by atoms with Gasteiger partial charge in [-0.25, -0.2) is 0 Å². The van der Waals surface area contributed by atoms with E-state index in [1.165, 1.54) is 0 Å². The number of nitrogens with two attached hydrogens (primary N) is 1. The van der Waals surface area contributed by atoms with Crippen LogP contribution in [0.2, 0.25) is 0 Å². The maximum absolute atomic E-state index is 11.8. The highest BCUT2D eigenvalue weighted by Gasteiger charge is 2.13. The van der Waals surface area contributed by atoms with E-state index in [0.717, 1.165) is 13.1 Å². The van der Waals surface area contributed by atoms with Crippen molar-refractivity contribution >= 4 is 23.1 Å². The molecule has 0 aromatic carbocycles. The number of hydrogen-bond donors (Lipinski definition) is 2. The van der Waals surface area contributed by atoms with Crippen LogP contribution in [0, 0.1) is 5.92 Å². The number of likely N-dealkylation sites (N-methyl/N-ethyl adjacent to an activating group) is 1. The fraction of sp³-hybridized carbons (Fsp3) is 0.833. The summed E-state index contributed by atoms with van der Waals surface area (Å²) in [5.74, 6) is 0.515. The van der Waals surface area contributed by atoms with Crippen molar-refractivity contribution in [2.24, 2.45) is 11.7 Å². The van der Waals surface area contributed by atoms with E-state index in [9.17, 15) is 4.79 Å². The van der Waals surface area contributed by atoms with E-state index >= 15 is 0 Å². The lowest BCUT2D eigenvalue weighted by Gasteiger charge is -2.22.